The molecule has 6 nitrogen and oxygen atoms in total. The van der Waals surface area contributed by atoms with Crippen molar-refractivity contribution in [2.45, 2.75) is 49.9 Å². The third-order valence-electron chi connectivity index (χ3n) is 7.66. The average molecular weight is 433 g/mol. The number of halogens is 3. The first-order chi connectivity index (χ1) is 14.9. The number of ether oxygens (including phenoxy) is 1. The van der Waals surface area contributed by atoms with Gasteiger partial charge in [-0.05, 0) is 36.8 Å². The van der Waals surface area contributed by atoms with Crippen LogP contribution in [0.4, 0.5) is 19.0 Å². The number of aromatic nitrogens is 3. The van der Waals surface area contributed by atoms with Gasteiger partial charge in [0.2, 0.25) is 0 Å². The predicted octanol–water partition coefficient (Wildman–Crippen LogP) is 3.71. The second-order valence-electron chi connectivity index (χ2n) is 9.49. The van der Waals surface area contributed by atoms with Crippen molar-refractivity contribution in [3.63, 3.8) is 0 Å². The molecule has 0 aromatic carbocycles. The molecular weight excluding hydrogens is 407 g/mol. The minimum Gasteiger partial charge on any atom is -0.383 e. The van der Waals surface area contributed by atoms with Gasteiger partial charge in [-0.1, -0.05) is 12.8 Å². The van der Waals surface area contributed by atoms with Gasteiger partial charge in [0.25, 0.3) is 0 Å². The lowest BCUT2D eigenvalue weighted by atomic mass is 10.1. The number of rotatable bonds is 4. The Hall–Kier alpha value is -2.13. The highest BCUT2D eigenvalue weighted by atomic mass is 19.4. The largest absolute Gasteiger partial charge is 0.419 e. The Kier molecular flexibility index (Phi) is 4.37. The van der Waals surface area contributed by atoms with Crippen LogP contribution in [0.1, 0.15) is 48.9 Å². The summed E-state index contributed by atoms with van der Waals surface area (Å²) in [5, 5.41) is 4.82. The lowest BCUT2D eigenvalue weighted by Gasteiger charge is -2.35. The Morgan fingerprint density at radius 3 is 2.35 bits per heavy atom. The number of piperidine rings is 1. The molecular formula is C22H26F3N5O. The molecule has 2 aliphatic carbocycles. The zero-order chi connectivity index (χ0) is 21.3. The van der Waals surface area contributed by atoms with Crippen LogP contribution in [0.2, 0.25) is 0 Å². The minimum absolute atomic E-state index is 0.338. The highest BCUT2D eigenvalue weighted by Crippen LogP contribution is 2.59. The predicted molar refractivity (Wildman–Crippen MR) is 108 cm³/mol. The topological polar surface area (TPSA) is 69.2 Å². The van der Waals surface area contributed by atoms with Crippen molar-refractivity contribution < 1.29 is 17.9 Å². The van der Waals surface area contributed by atoms with Gasteiger partial charge in [0, 0.05) is 36.5 Å². The maximum Gasteiger partial charge on any atom is 0.419 e. The molecule has 4 aliphatic rings. The normalized spacial score (nSPS) is 29.3. The van der Waals surface area contributed by atoms with Crippen LogP contribution >= 0.6 is 0 Å². The number of anilines is 1. The molecule has 0 spiro atoms. The van der Waals surface area contributed by atoms with E-state index in [4.69, 9.17) is 15.6 Å². The van der Waals surface area contributed by atoms with Crippen molar-refractivity contribution in [1.82, 2.24) is 19.7 Å². The van der Waals surface area contributed by atoms with Gasteiger partial charge in [-0.15, -0.1) is 0 Å². The second kappa shape index (κ2) is 6.93. The summed E-state index contributed by atoms with van der Waals surface area (Å²) in [6.07, 6.45) is 1.38. The molecule has 2 saturated carbocycles. The summed E-state index contributed by atoms with van der Waals surface area (Å²) < 4.78 is 47.5. The van der Waals surface area contributed by atoms with Crippen molar-refractivity contribution in [2.24, 2.45) is 11.8 Å². The molecule has 0 radical (unpaired) electrons. The highest BCUT2D eigenvalue weighted by molar-refractivity contribution is 5.63. The Bertz CT molecular complexity index is 984. The van der Waals surface area contributed by atoms with Gasteiger partial charge in [0.05, 0.1) is 36.6 Å². The average Bonchev–Trinajstić information content (AvgIpc) is 3.17. The van der Waals surface area contributed by atoms with E-state index in [-0.39, 0.29) is 0 Å². The molecule has 2 aliphatic heterocycles. The first-order valence-electron chi connectivity index (χ1n) is 11.1. The molecule has 166 valence electrons. The number of likely N-dealkylation sites (tertiary alicyclic amines) is 1. The van der Waals surface area contributed by atoms with Crippen LogP contribution in [0.15, 0.2) is 18.3 Å². The van der Waals surface area contributed by atoms with E-state index in [1.54, 1.807) is 0 Å². The zero-order valence-corrected chi connectivity index (χ0v) is 17.2. The lowest BCUT2D eigenvalue weighted by Crippen LogP contribution is -2.48. The molecule has 6 rings (SSSR count). The zero-order valence-electron chi connectivity index (χ0n) is 17.2. The molecule has 9 heteroatoms. The van der Waals surface area contributed by atoms with Gasteiger partial charge in [0.15, 0.2) is 0 Å². The first-order valence-corrected chi connectivity index (χ1v) is 11.1. The third kappa shape index (κ3) is 3.24. The van der Waals surface area contributed by atoms with E-state index >= 15 is 0 Å². The van der Waals surface area contributed by atoms with Gasteiger partial charge in [0.1, 0.15) is 5.82 Å². The Labute approximate surface area is 178 Å². The molecule has 2 aromatic heterocycles. The number of nitrogen functional groups attached to an aromatic ring is 1. The summed E-state index contributed by atoms with van der Waals surface area (Å²) in [5.74, 6) is 1.17. The molecule has 0 bridgehead atoms. The molecule has 31 heavy (non-hydrogen) atoms. The summed E-state index contributed by atoms with van der Waals surface area (Å²) in [7, 11) is 0. The van der Waals surface area contributed by atoms with E-state index in [0.717, 1.165) is 45.2 Å². The maximum absolute atomic E-state index is 13.3. The number of nitrogens with zero attached hydrogens (tertiary/aromatic N) is 4. The van der Waals surface area contributed by atoms with Gasteiger partial charge in [-0.3, -0.25) is 9.58 Å². The summed E-state index contributed by atoms with van der Waals surface area (Å²) in [6, 6.07) is 3.99. The molecule has 0 amide bonds. The van der Waals surface area contributed by atoms with E-state index < -0.39 is 17.6 Å². The Morgan fingerprint density at radius 1 is 1.03 bits per heavy atom. The van der Waals surface area contributed by atoms with Crippen LogP contribution < -0.4 is 5.73 Å². The van der Waals surface area contributed by atoms with Crippen LogP contribution in [0.3, 0.4) is 0 Å². The Balaban J connectivity index is 1.32. The number of pyridine rings is 1. The van der Waals surface area contributed by atoms with Crippen LogP contribution in [0.5, 0.6) is 0 Å². The van der Waals surface area contributed by atoms with Gasteiger partial charge >= 0.3 is 6.18 Å². The second-order valence-corrected chi connectivity index (χ2v) is 9.49. The lowest BCUT2D eigenvalue weighted by molar-refractivity contribution is -0.137. The van der Waals surface area contributed by atoms with Crippen LogP contribution in [0, 0.1) is 11.8 Å². The number of alkyl halides is 3. The van der Waals surface area contributed by atoms with Crippen LogP contribution in [-0.4, -0.2) is 52.0 Å². The van der Waals surface area contributed by atoms with Crippen LogP contribution in [0.25, 0.3) is 11.3 Å². The van der Waals surface area contributed by atoms with Crippen LogP contribution in [-0.2, 0) is 10.9 Å². The van der Waals surface area contributed by atoms with E-state index in [9.17, 15) is 13.2 Å². The minimum atomic E-state index is -4.54. The molecule has 2 saturated heterocycles. The number of fused-ring (bicyclic) bond motifs is 1. The van der Waals surface area contributed by atoms with E-state index in [0.29, 0.717) is 41.1 Å². The number of hydrogen-bond donors (Lipinski definition) is 1. The van der Waals surface area contributed by atoms with Gasteiger partial charge in [-0.25, -0.2) is 4.98 Å². The Morgan fingerprint density at radius 2 is 1.74 bits per heavy atom. The fraction of sp³-hybridized carbons (Fsp3) is 0.636. The quantitative estimate of drug-likeness (QED) is 0.796. The monoisotopic (exact) mass is 433 g/mol. The number of nitrogens with two attached hydrogens (primary N) is 1. The van der Waals surface area contributed by atoms with Gasteiger partial charge < -0.3 is 10.5 Å². The first kappa shape index (κ1) is 19.5. The molecule has 2 aromatic rings. The number of hydrogen-bond acceptors (Lipinski definition) is 5. The third-order valence-corrected chi connectivity index (χ3v) is 7.66. The molecule has 3 atom stereocenters. The van der Waals surface area contributed by atoms with E-state index in [1.165, 1.54) is 24.7 Å². The SMILES string of the molecule is Nc1ncc(-c2cc([C@H]3[C@@H]4CN(C5COC5)C[C@@H]43)n(C3CCCC3)n2)cc1C(F)(F)F. The summed E-state index contributed by atoms with van der Waals surface area (Å²) in [4.78, 5) is 6.35. The van der Waals surface area contributed by atoms with Gasteiger partial charge in [-0.2, -0.15) is 18.3 Å². The fourth-order valence-electron chi connectivity index (χ4n) is 5.81. The van der Waals surface area contributed by atoms with Crippen molar-refractivity contribution in [1.29, 1.82) is 0 Å². The fourth-order valence-corrected chi connectivity index (χ4v) is 5.81. The molecule has 0 unspecified atom stereocenters. The smallest absolute Gasteiger partial charge is 0.383 e. The molecule has 2 N–H and O–H groups in total. The van der Waals surface area contributed by atoms with Crippen molar-refractivity contribution >= 4 is 5.82 Å². The molecule has 4 heterocycles. The summed E-state index contributed by atoms with van der Waals surface area (Å²) >= 11 is 0. The van der Waals surface area contributed by atoms with E-state index in [2.05, 4.69) is 14.6 Å². The molecule has 4 fully saturated rings. The maximum atomic E-state index is 13.3. The van der Waals surface area contributed by atoms with E-state index in [1.807, 2.05) is 6.07 Å². The van der Waals surface area contributed by atoms with Crippen molar-refractivity contribution in [3.8, 4) is 11.3 Å². The highest BCUT2D eigenvalue weighted by Gasteiger charge is 2.59. The summed E-state index contributed by atoms with van der Waals surface area (Å²) in [5.41, 5.74) is 6.72. The van der Waals surface area contributed by atoms with Crippen molar-refractivity contribution in [3.05, 3.63) is 29.6 Å². The summed E-state index contributed by atoms with van der Waals surface area (Å²) in [6.45, 7) is 3.83. The van der Waals surface area contributed by atoms with Crippen molar-refractivity contribution in [2.75, 3.05) is 32.0 Å². The standard InChI is InChI=1S/C22H26F3N5O/c23-22(24,25)17-5-12(7-27-21(17)26)18-6-19(30(28-18)13-3-1-2-4-13)20-15-8-29(9-16(15)20)14-10-31-11-14/h5-7,13-16,20H,1-4,8-11H2,(H2,26,27)/t15-,16+,20+.